The van der Waals surface area contributed by atoms with Crippen LogP contribution in [0.5, 0.6) is 0 Å². The molecule has 1 saturated heterocycles. The third-order valence-electron chi connectivity index (χ3n) is 7.22. The van der Waals surface area contributed by atoms with Gasteiger partial charge in [0.05, 0.1) is 16.9 Å². The van der Waals surface area contributed by atoms with Crippen molar-refractivity contribution in [3.8, 4) is 0 Å². The van der Waals surface area contributed by atoms with Gasteiger partial charge in [0.1, 0.15) is 0 Å². The number of amides is 1. The maximum Gasteiger partial charge on any atom is 0.262 e. The molecule has 0 radical (unpaired) electrons. The van der Waals surface area contributed by atoms with Crippen LogP contribution in [0.15, 0.2) is 60.0 Å². The number of imidazole rings is 1. The second-order valence-corrected chi connectivity index (χ2v) is 11.6. The molecular weight excluding hydrogens is 472 g/mol. The Kier molecular flexibility index (Phi) is 5.78. The number of rotatable bonds is 4. The van der Waals surface area contributed by atoms with Crippen LogP contribution in [0.3, 0.4) is 0 Å². The number of carbonyl (C=O) groups is 1. The summed E-state index contributed by atoms with van der Waals surface area (Å²) >= 11 is 6.36. The first-order chi connectivity index (χ1) is 16.2. The van der Waals surface area contributed by atoms with Gasteiger partial charge in [-0.05, 0) is 55.0 Å². The zero-order valence-electron chi connectivity index (χ0n) is 19.2. The van der Waals surface area contributed by atoms with Crippen molar-refractivity contribution in [2.45, 2.75) is 42.7 Å². The average molecular weight is 499 g/mol. The van der Waals surface area contributed by atoms with Crippen LogP contribution >= 0.6 is 11.6 Å². The minimum Gasteiger partial charge on any atom is -0.348 e. The van der Waals surface area contributed by atoms with Crippen molar-refractivity contribution in [1.29, 1.82) is 0 Å². The van der Waals surface area contributed by atoms with Crippen LogP contribution in [0.25, 0.3) is 0 Å². The van der Waals surface area contributed by atoms with Crippen molar-refractivity contribution in [2.24, 2.45) is 7.05 Å². The Bertz CT molecular complexity index is 1360. The number of piperidine rings is 1. The summed E-state index contributed by atoms with van der Waals surface area (Å²) in [5, 5.41) is 3.74. The van der Waals surface area contributed by atoms with Crippen molar-refractivity contribution in [3.63, 3.8) is 0 Å². The summed E-state index contributed by atoms with van der Waals surface area (Å²) in [6.07, 6.45) is 4.95. The zero-order chi connectivity index (χ0) is 24.1. The number of benzene rings is 2. The number of aromatic nitrogens is 2. The topological polar surface area (TPSA) is 84.3 Å². The smallest absolute Gasteiger partial charge is 0.262 e. The van der Waals surface area contributed by atoms with Gasteiger partial charge < -0.3 is 9.88 Å². The number of carbonyl (C=O) groups excluding carboxylic acids is 1. The maximum absolute atomic E-state index is 13.2. The van der Waals surface area contributed by atoms with Crippen LogP contribution in [0.4, 0.5) is 0 Å². The molecule has 178 valence electrons. The van der Waals surface area contributed by atoms with Crippen molar-refractivity contribution in [1.82, 2.24) is 19.2 Å². The number of sulfonamides is 1. The van der Waals surface area contributed by atoms with Gasteiger partial charge in [-0.2, -0.15) is 4.31 Å². The van der Waals surface area contributed by atoms with E-state index in [2.05, 4.69) is 22.4 Å². The maximum atomic E-state index is 13.2. The molecule has 1 N–H and O–H groups in total. The number of fused-ring (bicyclic) bond motifs is 2. The van der Waals surface area contributed by atoms with Crippen LogP contribution in [0, 0.1) is 6.92 Å². The summed E-state index contributed by atoms with van der Waals surface area (Å²) in [4.78, 5) is 17.3. The van der Waals surface area contributed by atoms with Gasteiger partial charge in [0.15, 0.2) is 5.03 Å². The molecule has 1 aromatic heterocycles. The van der Waals surface area contributed by atoms with Gasteiger partial charge in [-0.1, -0.05) is 41.9 Å². The standard InChI is InChI=1S/C25H27ClN4O3S/c1-17-7-8-19(21(26)13-17)24(31)28-22-14-18-5-3-4-6-20(18)25(22)9-11-30(12-10-25)34(32,33)23-15-29(2)16-27-23/h3-8,13,15-16,22H,9-12,14H2,1-2H3,(H,28,31). The van der Waals surface area contributed by atoms with E-state index in [4.69, 9.17) is 11.6 Å². The molecular formula is C25H27ClN4O3S. The van der Waals surface area contributed by atoms with Crippen molar-refractivity contribution in [2.75, 3.05) is 13.1 Å². The molecule has 1 amide bonds. The number of hydrogen-bond donors (Lipinski definition) is 1. The summed E-state index contributed by atoms with van der Waals surface area (Å²) in [7, 11) is -1.91. The fourth-order valence-electron chi connectivity index (χ4n) is 5.41. The lowest BCUT2D eigenvalue weighted by Gasteiger charge is -2.43. The lowest BCUT2D eigenvalue weighted by Crippen LogP contribution is -2.54. The fourth-order valence-corrected chi connectivity index (χ4v) is 7.14. The second kappa shape index (κ2) is 8.52. The van der Waals surface area contributed by atoms with E-state index in [0.717, 1.165) is 5.56 Å². The number of hydrogen-bond acceptors (Lipinski definition) is 4. The number of halogens is 1. The Labute approximate surface area is 204 Å². The summed E-state index contributed by atoms with van der Waals surface area (Å²) in [5.41, 5.74) is 3.51. The monoisotopic (exact) mass is 498 g/mol. The van der Waals surface area contributed by atoms with Gasteiger partial charge in [0, 0.05) is 37.8 Å². The van der Waals surface area contributed by atoms with Gasteiger partial charge >= 0.3 is 0 Å². The van der Waals surface area contributed by atoms with Crippen LogP contribution < -0.4 is 5.32 Å². The number of nitrogens with zero attached hydrogens (tertiary/aromatic N) is 3. The Morgan fingerprint density at radius 1 is 1.18 bits per heavy atom. The van der Waals surface area contributed by atoms with E-state index < -0.39 is 10.0 Å². The number of nitrogens with one attached hydrogen (secondary N) is 1. The molecule has 1 aliphatic carbocycles. The van der Waals surface area contributed by atoms with Gasteiger partial charge in [0.25, 0.3) is 15.9 Å². The SMILES string of the molecule is Cc1ccc(C(=O)NC2Cc3ccccc3C23CCN(S(=O)(=O)c2cn(C)cn2)CC3)c(Cl)c1. The quantitative estimate of drug-likeness (QED) is 0.597. The molecule has 9 heteroatoms. The van der Waals surface area contributed by atoms with Crippen molar-refractivity contribution < 1.29 is 13.2 Å². The molecule has 1 fully saturated rings. The lowest BCUT2D eigenvalue weighted by molar-refractivity contribution is 0.0897. The van der Waals surface area contributed by atoms with Crippen LogP contribution in [0.2, 0.25) is 5.02 Å². The van der Waals surface area contributed by atoms with E-state index in [9.17, 15) is 13.2 Å². The molecule has 0 saturated carbocycles. The largest absolute Gasteiger partial charge is 0.348 e. The number of aryl methyl sites for hydroxylation is 2. The average Bonchev–Trinajstić information content (AvgIpc) is 3.37. The summed E-state index contributed by atoms with van der Waals surface area (Å²) < 4.78 is 29.4. The third kappa shape index (κ3) is 3.83. The van der Waals surface area contributed by atoms with Crippen molar-refractivity contribution in [3.05, 3.63) is 82.3 Å². The zero-order valence-corrected chi connectivity index (χ0v) is 20.7. The molecule has 1 unspecified atom stereocenters. The minimum atomic E-state index is -3.66. The highest BCUT2D eigenvalue weighted by atomic mass is 35.5. The first-order valence-corrected chi connectivity index (χ1v) is 13.2. The molecule has 5 rings (SSSR count). The summed E-state index contributed by atoms with van der Waals surface area (Å²) in [6, 6.07) is 13.5. The molecule has 1 atom stereocenters. The molecule has 3 aromatic rings. The Morgan fingerprint density at radius 2 is 1.91 bits per heavy atom. The second-order valence-electron chi connectivity index (χ2n) is 9.31. The first-order valence-electron chi connectivity index (χ1n) is 11.3. The van der Waals surface area contributed by atoms with E-state index in [0.29, 0.717) is 42.9 Å². The van der Waals surface area contributed by atoms with E-state index in [-0.39, 0.29) is 22.4 Å². The molecule has 34 heavy (non-hydrogen) atoms. The Hall–Kier alpha value is -2.68. The Balaban J connectivity index is 1.42. The molecule has 0 bridgehead atoms. The van der Waals surface area contributed by atoms with Crippen LogP contribution in [0.1, 0.15) is 39.9 Å². The molecule has 2 aliphatic rings. The molecule has 2 heterocycles. The predicted octanol–water partition coefficient (Wildman–Crippen LogP) is 3.46. The van der Waals surface area contributed by atoms with Gasteiger partial charge in [0.2, 0.25) is 0 Å². The van der Waals surface area contributed by atoms with E-state index >= 15 is 0 Å². The normalized spacial score (nSPS) is 19.8. The highest BCUT2D eigenvalue weighted by molar-refractivity contribution is 7.89. The van der Waals surface area contributed by atoms with Crippen molar-refractivity contribution >= 4 is 27.5 Å². The third-order valence-corrected chi connectivity index (χ3v) is 9.32. The summed E-state index contributed by atoms with van der Waals surface area (Å²) in [5.74, 6) is -0.203. The molecule has 7 nitrogen and oxygen atoms in total. The van der Waals surface area contributed by atoms with Gasteiger partial charge in [-0.25, -0.2) is 13.4 Å². The predicted molar refractivity (Wildman–Crippen MR) is 130 cm³/mol. The minimum absolute atomic E-state index is 0.0663. The van der Waals surface area contributed by atoms with Crippen LogP contribution in [-0.2, 0) is 28.9 Å². The van der Waals surface area contributed by atoms with Crippen LogP contribution in [-0.4, -0.2) is 47.3 Å². The van der Waals surface area contributed by atoms with E-state index in [1.54, 1.807) is 23.7 Å². The lowest BCUT2D eigenvalue weighted by atomic mass is 9.71. The fraction of sp³-hybridized carbons (Fsp3) is 0.360. The van der Waals surface area contributed by atoms with E-state index in [1.807, 2.05) is 25.1 Å². The summed E-state index contributed by atoms with van der Waals surface area (Å²) in [6.45, 7) is 2.67. The molecule has 1 spiro atoms. The van der Waals surface area contributed by atoms with Gasteiger partial charge in [-0.3, -0.25) is 4.79 Å². The van der Waals surface area contributed by atoms with E-state index in [1.165, 1.54) is 28.0 Å². The Morgan fingerprint density at radius 3 is 2.59 bits per heavy atom. The molecule has 2 aromatic carbocycles. The highest BCUT2D eigenvalue weighted by Crippen LogP contribution is 2.47. The first kappa shape index (κ1) is 23.1. The van der Waals surface area contributed by atoms with Gasteiger partial charge in [-0.15, -0.1) is 0 Å². The molecule has 1 aliphatic heterocycles. The highest BCUT2D eigenvalue weighted by Gasteiger charge is 2.50.